The molecule has 1 N–H and O–H groups in total. The molecule has 0 aliphatic rings. The van der Waals surface area contributed by atoms with E-state index in [0.717, 1.165) is 5.56 Å². The summed E-state index contributed by atoms with van der Waals surface area (Å²) in [5.41, 5.74) is 0.879. The van der Waals surface area contributed by atoms with Crippen LogP contribution in [-0.4, -0.2) is 28.6 Å². The molecule has 0 radical (unpaired) electrons. The molecule has 0 spiro atoms. The van der Waals surface area contributed by atoms with Crippen molar-refractivity contribution in [3.8, 4) is 0 Å². The molecule has 3 heteroatoms. The van der Waals surface area contributed by atoms with Crippen molar-refractivity contribution in [2.75, 3.05) is 6.54 Å². The molecule has 0 aromatic heterocycles. The average molecular weight is 272 g/mol. The zero-order chi connectivity index (χ0) is 13.0. The van der Waals surface area contributed by atoms with Crippen LogP contribution in [0.25, 0.3) is 0 Å². The summed E-state index contributed by atoms with van der Waals surface area (Å²) in [5, 5.41) is 10.9. The van der Waals surface area contributed by atoms with Crippen molar-refractivity contribution in [2.24, 2.45) is 0 Å². The van der Waals surface area contributed by atoms with Crippen LogP contribution in [0.4, 0.5) is 0 Å². The minimum atomic E-state index is -0.488. The number of rotatable bonds is 5. The first-order valence-electron chi connectivity index (χ1n) is 6.11. The lowest BCUT2D eigenvalue weighted by Gasteiger charge is -2.32. The van der Waals surface area contributed by atoms with Gasteiger partial charge in [-0.25, -0.2) is 0 Å². The van der Waals surface area contributed by atoms with Gasteiger partial charge >= 0.3 is 0 Å². The normalized spacial score (nSPS) is 12.9. The van der Waals surface area contributed by atoms with Gasteiger partial charge in [-0.05, 0) is 45.4 Å². The van der Waals surface area contributed by atoms with Gasteiger partial charge in [0.15, 0.2) is 0 Å². The number of hydrogen-bond donors (Lipinski definition) is 1. The molecule has 104 valence electrons. The van der Waals surface area contributed by atoms with E-state index >= 15 is 0 Å². The Balaban J connectivity index is 0.00000289. The molecule has 0 unspecified atom stereocenters. The third-order valence-corrected chi connectivity index (χ3v) is 3.18. The standard InChI is InChI=1S/C14H22ClNO.CH4/c1-10(2)16(11(3)4)9-14(17)12-6-5-7-13(15)8-12;/h5-8,10-11,14,17H,9H2,1-4H3;1H4/t14-;/m0./s1. The molecule has 0 aliphatic carbocycles. The highest BCUT2D eigenvalue weighted by atomic mass is 35.5. The van der Waals surface area contributed by atoms with E-state index in [-0.39, 0.29) is 7.43 Å². The molecule has 0 aliphatic heterocycles. The summed E-state index contributed by atoms with van der Waals surface area (Å²) in [6.45, 7) is 9.21. The highest BCUT2D eigenvalue weighted by Gasteiger charge is 2.18. The summed E-state index contributed by atoms with van der Waals surface area (Å²) >= 11 is 5.93. The molecule has 18 heavy (non-hydrogen) atoms. The summed E-state index contributed by atoms with van der Waals surface area (Å²) in [6, 6.07) is 8.27. The zero-order valence-corrected chi connectivity index (χ0v) is 11.8. The van der Waals surface area contributed by atoms with Crippen LogP contribution in [0.1, 0.15) is 46.8 Å². The Morgan fingerprint density at radius 3 is 2.17 bits per heavy atom. The monoisotopic (exact) mass is 271 g/mol. The van der Waals surface area contributed by atoms with Crippen LogP contribution in [-0.2, 0) is 0 Å². The summed E-state index contributed by atoms with van der Waals surface area (Å²) in [6.07, 6.45) is -0.488. The Labute approximate surface area is 117 Å². The van der Waals surface area contributed by atoms with Crippen LogP contribution in [0.3, 0.4) is 0 Å². The second kappa shape index (κ2) is 7.78. The van der Waals surface area contributed by atoms with Gasteiger partial charge in [-0.3, -0.25) is 4.90 Å². The van der Waals surface area contributed by atoms with Gasteiger partial charge < -0.3 is 5.11 Å². The van der Waals surface area contributed by atoms with Gasteiger partial charge in [0.1, 0.15) is 0 Å². The molecular weight excluding hydrogens is 246 g/mol. The predicted octanol–water partition coefficient (Wildman–Crippen LogP) is 4.13. The van der Waals surface area contributed by atoms with Crippen LogP contribution >= 0.6 is 11.6 Å². The fraction of sp³-hybridized carbons (Fsp3) is 0.600. The highest BCUT2D eigenvalue weighted by molar-refractivity contribution is 6.30. The third-order valence-electron chi connectivity index (χ3n) is 2.94. The first-order chi connectivity index (χ1) is 7.91. The van der Waals surface area contributed by atoms with Crippen LogP contribution < -0.4 is 0 Å². The van der Waals surface area contributed by atoms with E-state index < -0.39 is 6.10 Å². The maximum Gasteiger partial charge on any atom is 0.0917 e. The van der Waals surface area contributed by atoms with E-state index in [1.807, 2.05) is 24.3 Å². The smallest absolute Gasteiger partial charge is 0.0917 e. The van der Waals surface area contributed by atoms with Crippen molar-refractivity contribution in [1.29, 1.82) is 0 Å². The Kier molecular flexibility index (Phi) is 7.53. The molecule has 1 rings (SSSR count). The lowest BCUT2D eigenvalue weighted by atomic mass is 10.1. The maximum atomic E-state index is 10.2. The Morgan fingerprint density at radius 1 is 1.17 bits per heavy atom. The second-order valence-electron chi connectivity index (χ2n) is 4.96. The molecule has 1 aromatic carbocycles. The lowest BCUT2D eigenvalue weighted by molar-refractivity contribution is 0.0756. The van der Waals surface area contributed by atoms with Gasteiger partial charge in [-0.2, -0.15) is 0 Å². The van der Waals surface area contributed by atoms with E-state index in [9.17, 15) is 5.11 Å². The topological polar surface area (TPSA) is 23.5 Å². The highest BCUT2D eigenvalue weighted by Crippen LogP contribution is 2.20. The Bertz CT molecular complexity index is 344. The van der Waals surface area contributed by atoms with Gasteiger partial charge in [0.2, 0.25) is 0 Å². The van der Waals surface area contributed by atoms with Gasteiger partial charge in [-0.1, -0.05) is 31.2 Å². The molecule has 0 bridgehead atoms. The van der Waals surface area contributed by atoms with Crippen molar-refractivity contribution in [2.45, 2.75) is 53.3 Å². The predicted molar refractivity (Wildman–Crippen MR) is 80.1 cm³/mol. The summed E-state index contributed by atoms with van der Waals surface area (Å²) in [4.78, 5) is 2.27. The molecular formula is C15H26ClNO. The quantitative estimate of drug-likeness (QED) is 0.870. The number of aliphatic hydroxyl groups excluding tert-OH is 1. The van der Waals surface area contributed by atoms with Gasteiger partial charge in [0.05, 0.1) is 6.10 Å². The maximum absolute atomic E-state index is 10.2. The fourth-order valence-corrected chi connectivity index (χ4v) is 2.24. The van der Waals surface area contributed by atoms with Crippen molar-refractivity contribution >= 4 is 11.6 Å². The van der Waals surface area contributed by atoms with E-state index in [0.29, 0.717) is 23.7 Å². The van der Waals surface area contributed by atoms with E-state index in [1.54, 1.807) is 0 Å². The Morgan fingerprint density at radius 2 is 1.72 bits per heavy atom. The molecule has 0 saturated heterocycles. The van der Waals surface area contributed by atoms with Crippen molar-refractivity contribution in [3.05, 3.63) is 34.9 Å². The van der Waals surface area contributed by atoms with Gasteiger partial charge in [-0.15, -0.1) is 0 Å². The minimum absolute atomic E-state index is 0. The largest absolute Gasteiger partial charge is 0.387 e. The SMILES string of the molecule is C.CC(C)N(C[C@H](O)c1cccc(Cl)c1)C(C)C. The first kappa shape index (κ1) is 17.4. The number of hydrogen-bond acceptors (Lipinski definition) is 2. The fourth-order valence-electron chi connectivity index (χ4n) is 2.04. The zero-order valence-electron chi connectivity index (χ0n) is 11.0. The molecule has 0 fully saturated rings. The molecule has 0 saturated carbocycles. The molecule has 1 atom stereocenters. The number of halogens is 1. The lowest BCUT2D eigenvalue weighted by Crippen LogP contribution is -2.39. The second-order valence-corrected chi connectivity index (χ2v) is 5.39. The number of benzene rings is 1. The van der Waals surface area contributed by atoms with Crippen LogP contribution in [0.5, 0.6) is 0 Å². The molecule has 0 heterocycles. The van der Waals surface area contributed by atoms with Gasteiger partial charge in [0.25, 0.3) is 0 Å². The van der Waals surface area contributed by atoms with Crippen LogP contribution in [0.2, 0.25) is 5.02 Å². The average Bonchev–Trinajstić information content (AvgIpc) is 2.24. The minimum Gasteiger partial charge on any atom is -0.387 e. The number of nitrogens with zero attached hydrogens (tertiary/aromatic N) is 1. The molecule has 0 amide bonds. The van der Waals surface area contributed by atoms with E-state index in [4.69, 9.17) is 11.6 Å². The molecule has 2 nitrogen and oxygen atoms in total. The summed E-state index contributed by atoms with van der Waals surface area (Å²) in [5.74, 6) is 0. The van der Waals surface area contributed by atoms with E-state index in [2.05, 4.69) is 32.6 Å². The van der Waals surface area contributed by atoms with Crippen molar-refractivity contribution in [1.82, 2.24) is 4.90 Å². The third kappa shape index (κ3) is 4.97. The van der Waals surface area contributed by atoms with Gasteiger partial charge in [0, 0.05) is 23.7 Å². The molecule has 1 aromatic rings. The Hall–Kier alpha value is -0.570. The summed E-state index contributed by atoms with van der Waals surface area (Å²) in [7, 11) is 0. The summed E-state index contributed by atoms with van der Waals surface area (Å²) < 4.78 is 0. The van der Waals surface area contributed by atoms with Crippen LogP contribution in [0.15, 0.2) is 24.3 Å². The first-order valence-corrected chi connectivity index (χ1v) is 6.49. The van der Waals surface area contributed by atoms with Crippen LogP contribution in [0, 0.1) is 0 Å². The van der Waals surface area contributed by atoms with E-state index in [1.165, 1.54) is 0 Å². The van der Waals surface area contributed by atoms with Crippen molar-refractivity contribution < 1.29 is 5.11 Å². The number of aliphatic hydroxyl groups is 1. The van der Waals surface area contributed by atoms with Crippen molar-refractivity contribution in [3.63, 3.8) is 0 Å².